The molecule has 14 heavy (non-hydrogen) atoms. The highest BCUT2D eigenvalue weighted by Crippen LogP contribution is 2.22. The van der Waals surface area contributed by atoms with E-state index in [-0.39, 0.29) is 5.56 Å². The molecule has 76 valence electrons. The molecule has 3 N–H and O–H groups in total. The molecule has 0 aliphatic carbocycles. The Labute approximate surface area is 79.2 Å². The lowest BCUT2D eigenvalue weighted by atomic mass is 10.0. The number of carboxylic acids is 1. The summed E-state index contributed by atoms with van der Waals surface area (Å²) in [5, 5.41) is 8.42. The molecule has 0 aromatic heterocycles. The topological polar surface area (TPSA) is 63.3 Å². The molecule has 0 heterocycles. The van der Waals surface area contributed by atoms with E-state index >= 15 is 0 Å². The van der Waals surface area contributed by atoms with Gasteiger partial charge in [0.2, 0.25) is 0 Å². The third-order valence-corrected chi connectivity index (χ3v) is 1.80. The van der Waals surface area contributed by atoms with Crippen LogP contribution in [0.1, 0.15) is 11.7 Å². The fourth-order valence-corrected chi connectivity index (χ4v) is 1.02. The third kappa shape index (κ3) is 2.05. The molecule has 3 nitrogen and oxygen atoms in total. The van der Waals surface area contributed by atoms with Gasteiger partial charge in [-0.1, -0.05) is 18.2 Å². The van der Waals surface area contributed by atoms with E-state index in [1.807, 2.05) is 0 Å². The van der Waals surface area contributed by atoms with Gasteiger partial charge in [0.05, 0.1) is 0 Å². The summed E-state index contributed by atoms with van der Waals surface area (Å²) >= 11 is 0. The second kappa shape index (κ2) is 4.15. The lowest BCUT2D eigenvalue weighted by molar-refractivity contribution is -0.140. The molecule has 5 heteroatoms. The van der Waals surface area contributed by atoms with Crippen molar-refractivity contribution in [2.45, 2.75) is 12.2 Å². The van der Waals surface area contributed by atoms with E-state index in [0.29, 0.717) is 0 Å². The van der Waals surface area contributed by atoms with E-state index in [1.165, 1.54) is 18.2 Å². The van der Waals surface area contributed by atoms with Gasteiger partial charge >= 0.3 is 5.97 Å². The summed E-state index contributed by atoms with van der Waals surface area (Å²) in [5.41, 5.74) is 4.69. The minimum Gasteiger partial charge on any atom is -0.480 e. The molecule has 2 atom stereocenters. The Morgan fingerprint density at radius 1 is 1.43 bits per heavy atom. The highest BCUT2D eigenvalue weighted by molar-refractivity contribution is 5.74. The van der Waals surface area contributed by atoms with Gasteiger partial charge in [0.1, 0.15) is 11.9 Å². The number of halogens is 2. The number of hydrogen-bond acceptors (Lipinski definition) is 2. The molecule has 1 aromatic rings. The molecule has 0 aliphatic rings. The molecule has 0 bridgehead atoms. The third-order valence-electron chi connectivity index (χ3n) is 1.80. The first-order valence-electron chi connectivity index (χ1n) is 3.91. The summed E-state index contributed by atoms with van der Waals surface area (Å²) in [6, 6.07) is 3.28. The summed E-state index contributed by atoms with van der Waals surface area (Å²) in [6.45, 7) is 0. The van der Waals surface area contributed by atoms with Crippen LogP contribution in [0.5, 0.6) is 0 Å². The van der Waals surface area contributed by atoms with Crippen molar-refractivity contribution >= 4 is 5.97 Å². The Hall–Kier alpha value is -1.49. The summed E-state index contributed by atoms with van der Waals surface area (Å²) in [4.78, 5) is 10.3. The van der Waals surface area contributed by atoms with Crippen LogP contribution < -0.4 is 5.73 Å². The van der Waals surface area contributed by atoms with E-state index in [4.69, 9.17) is 10.8 Å². The predicted octanol–water partition coefficient (Wildman–Crippen LogP) is 1.25. The smallest absolute Gasteiger partial charge is 0.323 e. The van der Waals surface area contributed by atoms with Gasteiger partial charge in [-0.05, 0) is 6.07 Å². The maximum Gasteiger partial charge on any atom is 0.323 e. The number of hydrogen-bond donors (Lipinski definition) is 2. The van der Waals surface area contributed by atoms with Crippen molar-refractivity contribution in [3.63, 3.8) is 0 Å². The van der Waals surface area contributed by atoms with Crippen molar-refractivity contribution in [2.24, 2.45) is 5.73 Å². The molecule has 0 fully saturated rings. The van der Waals surface area contributed by atoms with Crippen LogP contribution in [-0.4, -0.2) is 17.1 Å². The van der Waals surface area contributed by atoms with Crippen molar-refractivity contribution < 1.29 is 18.7 Å². The minimum absolute atomic E-state index is 0.331. The fraction of sp³-hybridized carbons (Fsp3) is 0.222. The van der Waals surface area contributed by atoms with Gasteiger partial charge in [-0.3, -0.25) is 4.79 Å². The molecule has 1 rings (SSSR count). The average Bonchev–Trinajstić information content (AvgIpc) is 2.16. The SMILES string of the molecule is NC(C(=O)O)C(F)c1ccccc1F. The lowest BCUT2D eigenvalue weighted by Gasteiger charge is -2.13. The Morgan fingerprint density at radius 3 is 2.50 bits per heavy atom. The van der Waals surface area contributed by atoms with Crippen molar-refractivity contribution in [1.29, 1.82) is 0 Å². The lowest BCUT2D eigenvalue weighted by Crippen LogP contribution is -2.35. The van der Waals surface area contributed by atoms with Crippen LogP contribution in [0.25, 0.3) is 0 Å². The van der Waals surface area contributed by atoms with Gasteiger partial charge < -0.3 is 10.8 Å². The van der Waals surface area contributed by atoms with E-state index in [1.54, 1.807) is 0 Å². The van der Waals surface area contributed by atoms with Crippen LogP contribution in [0.4, 0.5) is 8.78 Å². The molecule has 1 aromatic carbocycles. The van der Waals surface area contributed by atoms with E-state index in [0.717, 1.165) is 6.07 Å². The zero-order valence-electron chi connectivity index (χ0n) is 7.15. The van der Waals surface area contributed by atoms with Gasteiger partial charge in [-0.15, -0.1) is 0 Å². The predicted molar refractivity (Wildman–Crippen MR) is 45.9 cm³/mol. The number of benzene rings is 1. The van der Waals surface area contributed by atoms with Gasteiger partial charge in [0, 0.05) is 5.56 Å². The molecule has 2 unspecified atom stereocenters. The van der Waals surface area contributed by atoms with Gasteiger partial charge in [-0.2, -0.15) is 0 Å². The van der Waals surface area contributed by atoms with Crippen LogP contribution in [-0.2, 0) is 4.79 Å². The maximum absolute atomic E-state index is 13.3. The normalized spacial score (nSPS) is 14.8. The van der Waals surface area contributed by atoms with Crippen LogP contribution in [0.15, 0.2) is 24.3 Å². The highest BCUT2D eigenvalue weighted by Gasteiger charge is 2.27. The van der Waals surface area contributed by atoms with Crippen molar-refractivity contribution in [3.05, 3.63) is 35.6 Å². The zero-order chi connectivity index (χ0) is 10.7. The number of aliphatic carboxylic acids is 1. The second-order valence-corrected chi connectivity index (χ2v) is 2.79. The minimum atomic E-state index is -2.03. The van der Waals surface area contributed by atoms with Gasteiger partial charge in [0.25, 0.3) is 0 Å². The summed E-state index contributed by atoms with van der Waals surface area (Å²) in [7, 11) is 0. The summed E-state index contributed by atoms with van der Waals surface area (Å²) in [6.07, 6.45) is -2.03. The second-order valence-electron chi connectivity index (χ2n) is 2.79. The standard InChI is InChI=1S/C9H9F2NO2/c10-6-4-2-1-3-5(6)7(11)8(12)9(13)14/h1-4,7-8H,12H2,(H,13,14). The van der Waals surface area contributed by atoms with Crippen LogP contribution in [0.2, 0.25) is 0 Å². The number of carbonyl (C=O) groups is 1. The largest absolute Gasteiger partial charge is 0.480 e. The Balaban J connectivity index is 2.94. The van der Waals surface area contributed by atoms with Crippen molar-refractivity contribution in [2.75, 3.05) is 0 Å². The zero-order valence-corrected chi connectivity index (χ0v) is 7.15. The molecule has 0 aliphatic heterocycles. The van der Waals surface area contributed by atoms with E-state index < -0.39 is 24.0 Å². The Bertz CT molecular complexity index is 343. The fourth-order valence-electron chi connectivity index (χ4n) is 1.02. The molecule has 0 spiro atoms. The molecule has 0 saturated heterocycles. The summed E-state index contributed by atoms with van der Waals surface area (Å²) < 4.78 is 26.3. The first-order chi connectivity index (χ1) is 6.54. The van der Waals surface area contributed by atoms with Gasteiger partial charge in [0.15, 0.2) is 6.17 Å². The number of alkyl halides is 1. The first-order valence-corrected chi connectivity index (χ1v) is 3.91. The Morgan fingerprint density at radius 2 is 2.00 bits per heavy atom. The van der Waals surface area contributed by atoms with E-state index in [2.05, 4.69) is 0 Å². The first kappa shape index (κ1) is 10.6. The Kier molecular flexibility index (Phi) is 3.14. The molecule has 0 radical (unpaired) electrons. The molecule has 0 saturated carbocycles. The number of rotatable bonds is 3. The quantitative estimate of drug-likeness (QED) is 0.773. The van der Waals surface area contributed by atoms with Crippen molar-refractivity contribution in [3.8, 4) is 0 Å². The molecule has 0 amide bonds. The van der Waals surface area contributed by atoms with Gasteiger partial charge in [-0.25, -0.2) is 8.78 Å². The van der Waals surface area contributed by atoms with Crippen LogP contribution in [0.3, 0.4) is 0 Å². The summed E-state index contributed by atoms with van der Waals surface area (Å²) in [5.74, 6) is -2.29. The van der Waals surface area contributed by atoms with Crippen LogP contribution >= 0.6 is 0 Å². The molecular formula is C9H9F2NO2. The average molecular weight is 201 g/mol. The monoisotopic (exact) mass is 201 g/mol. The number of carboxylic acid groups (broad SMARTS) is 1. The van der Waals surface area contributed by atoms with Crippen molar-refractivity contribution in [1.82, 2.24) is 0 Å². The van der Waals surface area contributed by atoms with Crippen LogP contribution in [0, 0.1) is 5.82 Å². The highest BCUT2D eigenvalue weighted by atomic mass is 19.1. The number of nitrogens with two attached hydrogens (primary N) is 1. The maximum atomic E-state index is 13.3. The molecular weight excluding hydrogens is 192 g/mol. The van der Waals surface area contributed by atoms with E-state index in [9.17, 15) is 13.6 Å².